The number of hydrogen-bond donors (Lipinski definition) is 1. The smallest absolute Gasteiger partial charge is 0.0111 e. The zero-order chi connectivity index (χ0) is 12.8. The molecule has 2 N–H and O–H groups in total. The number of fused-ring (bicyclic) bond motifs is 3. The summed E-state index contributed by atoms with van der Waals surface area (Å²) < 4.78 is 0. The van der Waals surface area contributed by atoms with E-state index in [-0.39, 0.29) is 0 Å². The second kappa shape index (κ2) is 5.04. The van der Waals surface area contributed by atoms with E-state index < -0.39 is 0 Å². The highest BCUT2D eigenvalue weighted by molar-refractivity contribution is 5.00. The minimum atomic E-state index is 0.530. The Balaban J connectivity index is 1.36. The SMILES string of the molecule is NC1C2CCC(C2)C1CN1CCC2CCCCC2C1. The van der Waals surface area contributed by atoms with Crippen LogP contribution in [0, 0.1) is 29.6 Å². The monoisotopic (exact) mass is 262 g/mol. The molecule has 0 amide bonds. The van der Waals surface area contributed by atoms with Gasteiger partial charge in [0.1, 0.15) is 0 Å². The third-order valence-corrected chi connectivity index (χ3v) is 7.00. The normalized spacial score (nSPS) is 50.4. The van der Waals surface area contributed by atoms with E-state index in [1.807, 2.05) is 0 Å². The van der Waals surface area contributed by atoms with Crippen molar-refractivity contribution in [3.63, 3.8) is 0 Å². The summed E-state index contributed by atoms with van der Waals surface area (Å²) in [6.07, 6.45) is 11.8. The van der Waals surface area contributed by atoms with E-state index in [0.717, 1.165) is 29.6 Å². The van der Waals surface area contributed by atoms with Crippen molar-refractivity contribution in [1.82, 2.24) is 4.90 Å². The third kappa shape index (κ3) is 2.25. The van der Waals surface area contributed by atoms with Gasteiger partial charge < -0.3 is 10.6 Å². The fourth-order valence-electron chi connectivity index (χ4n) is 5.87. The third-order valence-electron chi connectivity index (χ3n) is 7.00. The fourth-order valence-corrected chi connectivity index (χ4v) is 5.87. The highest BCUT2D eigenvalue weighted by Crippen LogP contribution is 2.48. The number of rotatable bonds is 2. The first-order chi connectivity index (χ1) is 9.31. The van der Waals surface area contributed by atoms with E-state index in [9.17, 15) is 0 Å². The molecule has 4 aliphatic rings. The maximum Gasteiger partial charge on any atom is 0.0111 e. The van der Waals surface area contributed by atoms with Gasteiger partial charge in [-0.3, -0.25) is 0 Å². The predicted octanol–water partition coefficient (Wildman–Crippen LogP) is 2.87. The summed E-state index contributed by atoms with van der Waals surface area (Å²) >= 11 is 0. The number of nitrogens with two attached hydrogens (primary N) is 1. The zero-order valence-corrected chi connectivity index (χ0v) is 12.3. The van der Waals surface area contributed by atoms with Gasteiger partial charge in [-0.1, -0.05) is 19.3 Å². The second-order valence-electron chi connectivity index (χ2n) is 7.93. The molecular weight excluding hydrogens is 232 g/mol. The summed E-state index contributed by atoms with van der Waals surface area (Å²) in [5.74, 6) is 4.78. The van der Waals surface area contributed by atoms with Crippen molar-refractivity contribution in [1.29, 1.82) is 0 Å². The van der Waals surface area contributed by atoms with E-state index >= 15 is 0 Å². The zero-order valence-electron chi connectivity index (χ0n) is 12.3. The van der Waals surface area contributed by atoms with Gasteiger partial charge in [-0.05, 0) is 68.2 Å². The lowest BCUT2D eigenvalue weighted by molar-refractivity contribution is 0.0643. The molecule has 4 rings (SSSR count). The van der Waals surface area contributed by atoms with Crippen LogP contribution in [0.4, 0.5) is 0 Å². The van der Waals surface area contributed by atoms with Gasteiger partial charge in [0.25, 0.3) is 0 Å². The summed E-state index contributed by atoms with van der Waals surface area (Å²) in [6.45, 7) is 4.08. The molecule has 2 nitrogen and oxygen atoms in total. The molecule has 1 heterocycles. The Morgan fingerprint density at radius 1 is 0.842 bits per heavy atom. The summed E-state index contributed by atoms with van der Waals surface area (Å²) in [7, 11) is 0. The van der Waals surface area contributed by atoms with Gasteiger partial charge >= 0.3 is 0 Å². The first kappa shape index (κ1) is 12.6. The highest BCUT2D eigenvalue weighted by atomic mass is 15.1. The Morgan fingerprint density at radius 3 is 2.42 bits per heavy atom. The Bertz CT molecular complexity index is 327. The van der Waals surface area contributed by atoms with Gasteiger partial charge in [0, 0.05) is 19.1 Å². The molecule has 4 fully saturated rings. The number of nitrogens with zero attached hydrogens (tertiary/aromatic N) is 1. The van der Waals surface area contributed by atoms with Crippen LogP contribution < -0.4 is 5.73 Å². The lowest BCUT2D eigenvalue weighted by atomic mass is 9.74. The van der Waals surface area contributed by atoms with Gasteiger partial charge in [0.2, 0.25) is 0 Å². The molecule has 6 atom stereocenters. The number of piperidine rings is 1. The van der Waals surface area contributed by atoms with Gasteiger partial charge in [0.15, 0.2) is 0 Å². The van der Waals surface area contributed by atoms with E-state index in [1.165, 1.54) is 71.0 Å². The number of likely N-dealkylation sites (tertiary alicyclic amines) is 1. The van der Waals surface area contributed by atoms with E-state index in [1.54, 1.807) is 0 Å². The van der Waals surface area contributed by atoms with E-state index in [0.29, 0.717) is 6.04 Å². The molecule has 19 heavy (non-hydrogen) atoms. The van der Waals surface area contributed by atoms with Crippen LogP contribution in [0.25, 0.3) is 0 Å². The van der Waals surface area contributed by atoms with Crippen molar-refractivity contribution in [2.45, 2.75) is 57.4 Å². The number of hydrogen-bond acceptors (Lipinski definition) is 2. The average molecular weight is 262 g/mol. The quantitative estimate of drug-likeness (QED) is 0.829. The fraction of sp³-hybridized carbons (Fsp3) is 1.00. The lowest BCUT2D eigenvalue weighted by Crippen LogP contribution is -2.48. The van der Waals surface area contributed by atoms with Gasteiger partial charge in [0.05, 0.1) is 0 Å². The van der Waals surface area contributed by atoms with Crippen LogP contribution in [-0.4, -0.2) is 30.6 Å². The van der Waals surface area contributed by atoms with Crippen molar-refractivity contribution in [2.24, 2.45) is 35.3 Å². The topological polar surface area (TPSA) is 29.3 Å². The highest BCUT2D eigenvalue weighted by Gasteiger charge is 2.46. The Labute approximate surface area is 118 Å². The van der Waals surface area contributed by atoms with E-state index in [2.05, 4.69) is 4.90 Å². The molecule has 2 bridgehead atoms. The van der Waals surface area contributed by atoms with Crippen LogP contribution in [0.5, 0.6) is 0 Å². The summed E-state index contributed by atoms with van der Waals surface area (Å²) in [5.41, 5.74) is 6.49. The maximum absolute atomic E-state index is 6.49. The van der Waals surface area contributed by atoms with Crippen LogP contribution in [0.15, 0.2) is 0 Å². The minimum Gasteiger partial charge on any atom is -0.327 e. The Kier molecular flexibility index (Phi) is 3.35. The molecule has 3 aliphatic carbocycles. The van der Waals surface area contributed by atoms with Crippen LogP contribution in [0.3, 0.4) is 0 Å². The van der Waals surface area contributed by atoms with Crippen molar-refractivity contribution in [2.75, 3.05) is 19.6 Å². The molecule has 0 aromatic heterocycles. The molecular formula is C17H30N2. The van der Waals surface area contributed by atoms with Crippen molar-refractivity contribution >= 4 is 0 Å². The second-order valence-corrected chi connectivity index (χ2v) is 7.93. The first-order valence-corrected chi connectivity index (χ1v) is 8.79. The molecule has 1 aliphatic heterocycles. The average Bonchev–Trinajstić information content (AvgIpc) is 3.02. The molecule has 108 valence electrons. The molecule has 2 heteroatoms. The molecule has 0 aromatic rings. The molecule has 6 unspecified atom stereocenters. The van der Waals surface area contributed by atoms with E-state index in [4.69, 9.17) is 5.73 Å². The molecule has 0 radical (unpaired) electrons. The Hall–Kier alpha value is -0.0800. The predicted molar refractivity (Wildman–Crippen MR) is 78.8 cm³/mol. The summed E-state index contributed by atoms with van der Waals surface area (Å²) in [6, 6.07) is 0.530. The van der Waals surface area contributed by atoms with Gasteiger partial charge in [-0.15, -0.1) is 0 Å². The Morgan fingerprint density at radius 2 is 1.63 bits per heavy atom. The van der Waals surface area contributed by atoms with Gasteiger partial charge in [-0.25, -0.2) is 0 Å². The first-order valence-electron chi connectivity index (χ1n) is 8.79. The van der Waals surface area contributed by atoms with Gasteiger partial charge in [-0.2, -0.15) is 0 Å². The largest absolute Gasteiger partial charge is 0.327 e. The van der Waals surface area contributed by atoms with Crippen molar-refractivity contribution in [3.05, 3.63) is 0 Å². The maximum atomic E-state index is 6.49. The molecule has 1 saturated heterocycles. The summed E-state index contributed by atoms with van der Waals surface area (Å²) in [5, 5.41) is 0. The standard InChI is InChI=1S/C17H30N2/c18-17-14-6-5-13(9-14)16(17)11-19-8-7-12-3-1-2-4-15(12)10-19/h12-17H,1-11,18H2. The van der Waals surface area contributed by atoms with Crippen LogP contribution in [0.1, 0.15) is 51.4 Å². The molecule has 0 spiro atoms. The van der Waals surface area contributed by atoms with Crippen molar-refractivity contribution in [3.8, 4) is 0 Å². The summed E-state index contributed by atoms with van der Waals surface area (Å²) in [4.78, 5) is 2.79. The van der Waals surface area contributed by atoms with Crippen LogP contribution in [-0.2, 0) is 0 Å². The molecule has 0 aromatic carbocycles. The van der Waals surface area contributed by atoms with Crippen LogP contribution >= 0.6 is 0 Å². The lowest BCUT2D eigenvalue weighted by Gasteiger charge is -2.43. The minimum absolute atomic E-state index is 0.530. The molecule has 3 saturated carbocycles. The van der Waals surface area contributed by atoms with Crippen LogP contribution in [0.2, 0.25) is 0 Å². The van der Waals surface area contributed by atoms with Crippen molar-refractivity contribution < 1.29 is 0 Å².